The van der Waals surface area contributed by atoms with E-state index in [1.807, 2.05) is 6.92 Å². The third-order valence-electron chi connectivity index (χ3n) is 3.79. The van der Waals surface area contributed by atoms with Gasteiger partial charge >= 0.3 is 0 Å². The van der Waals surface area contributed by atoms with E-state index in [4.69, 9.17) is 0 Å². The van der Waals surface area contributed by atoms with Crippen LogP contribution in [0.1, 0.15) is 32.6 Å². The van der Waals surface area contributed by atoms with E-state index in [9.17, 15) is 13.2 Å². The summed E-state index contributed by atoms with van der Waals surface area (Å²) < 4.78 is 22.7. The molecule has 1 unspecified atom stereocenters. The van der Waals surface area contributed by atoms with E-state index in [2.05, 4.69) is 20.9 Å². The van der Waals surface area contributed by atoms with Crippen molar-refractivity contribution in [3.63, 3.8) is 0 Å². The van der Waals surface area contributed by atoms with Gasteiger partial charge in [0.05, 0.1) is 11.5 Å². The number of hydrogen-bond donors (Lipinski definition) is 3. The fourth-order valence-corrected chi connectivity index (χ4v) is 4.04. The van der Waals surface area contributed by atoms with Crippen molar-refractivity contribution in [1.29, 1.82) is 0 Å². The Morgan fingerprint density at radius 1 is 1.22 bits per heavy atom. The molecule has 1 aliphatic carbocycles. The van der Waals surface area contributed by atoms with Gasteiger partial charge in [-0.25, -0.2) is 8.42 Å². The molecule has 1 aliphatic heterocycles. The van der Waals surface area contributed by atoms with Crippen LogP contribution in [0.5, 0.6) is 0 Å². The minimum Gasteiger partial charge on any atom is -0.357 e. The Hall–Kier alpha value is -0.580. The van der Waals surface area contributed by atoms with Crippen molar-refractivity contribution >= 4 is 45.7 Å². The molecule has 0 spiro atoms. The zero-order valence-corrected chi connectivity index (χ0v) is 16.7. The van der Waals surface area contributed by atoms with Crippen LogP contribution in [-0.4, -0.2) is 57.5 Å². The van der Waals surface area contributed by atoms with Gasteiger partial charge in [0.25, 0.3) is 0 Å². The molecule has 7 nitrogen and oxygen atoms in total. The fourth-order valence-electron chi connectivity index (χ4n) is 2.37. The quantitative estimate of drug-likeness (QED) is 0.289. The van der Waals surface area contributed by atoms with Gasteiger partial charge in [0.2, 0.25) is 5.91 Å². The van der Waals surface area contributed by atoms with Crippen LogP contribution in [-0.2, 0) is 14.6 Å². The van der Waals surface area contributed by atoms with Crippen molar-refractivity contribution in [2.75, 3.05) is 31.1 Å². The van der Waals surface area contributed by atoms with E-state index < -0.39 is 9.84 Å². The molecule has 2 fully saturated rings. The molecule has 0 aromatic rings. The number of hydrogen-bond acceptors (Lipinski definition) is 4. The van der Waals surface area contributed by atoms with Crippen LogP contribution in [0.3, 0.4) is 0 Å². The third kappa shape index (κ3) is 8.18. The maximum Gasteiger partial charge on any atom is 0.222 e. The van der Waals surface area contributed by atoms with Gasteiger partial charge in [0.1, 0.15) is 0 Å². The molecule has 1 atom stereocenters. The highest BCUT2D eigenvalue weighted by atomic mass is 127. The number of nitrogens with one attached hydrogen (secondary N) is 3. The normalized spacial score (nSPS) is 23.0. The number of aliphatic imine (C=N–C) groups is 1. The molecule has 0 radical (unpaired) electrons. The molecule has 2 rings (SSSR count). The lowest BCUT2D eigenvalue weighted by molar-refractivity contribution is -0.121. The first-order valence-corrected chi connectivity index (χ1v) is 9.82. The highest BCUT2D eigenvalue weighted by molar-refractivity contribution is 14.0. The van der Waals surface area contributed by atoms with Gasteiger partial charge in [-0.2, -0.15) is 0 Å². The summed E-state index contributed by atoms with van der Waals surface area (Å²) in [5, 5.41) is 9.07. The predicted molar refractivity (Wildman–Crippen MR) is 102 cm³/mol. The summed E-state index contributed by atoms with van der Waals surface area (Å²) in [7, 11) is -2.95. The average Bonchev–Trinajstić information content (AvgIpc) is 3.20. The minimum absolute atomic E-state index is 0. The first kappa shape index (κ1) is 20.5. The molecule has 0 aromatic heterocycles. The number of guanidine groups is 1. The van der Waals surface area contributed by atoms with Crippen LogP contribution in [0.2, 0.25) is 0 Å². The Morgan fingerprint density at radius 2 is 1.96 bits per heavy atom. The minimum atomic E-state index is -2.95. The van der Waals surface area contributed by atoms with Gasteiger partial charge in [0.15, 0.2) is 15.8 Å². The summed E-state index contributed by atoms with van der Waals surface area (Å²) in [5.74, 6) is 1.59. The first-order chi connectivity index (χ1) is 10.5. The summed E-state index contributed by atoms with van der Waals surface area (Å²) in [6.45, 7) is 4.10. The van der Waals surface area contributed by atoms with Crippen molar-refractivity contribution in [2.24, 2.45) is 10.9 Å². The molecule has 1 amide bonds. The molecule has 2 aliphatic rings. The van der Waals surface area contributed by atoms with Crippen molar-refractivity contribution in [3.8, 4) is 0 Å². The Balaban J connectivity index is 0.00000264. The number of rotatable bonds is 7. The molecule has 1 heterocycles. The molecule has 134 valence electrons. The SMILES string of the molecule is CCNC(=NCC1CC1)NCCC(=O)NC1CCS(=O)(=O)C1.I. The number of sulfone groups is 1. The molecular formula is C14H27IN4O3S. The van der Waals surface area contributed by atoms with E-state index in [1.165, 1.54) is 12.8 Å². The summed E-state index contributed by atoms with van der Waals surface area (Å²) in [6.07, 6.45) is 3.35. The van der Waals surface area contributed by atoms with Crippen LogP contribution >= 0.6 is 24.0 Å². The molecule has 3 N–H and O–H groups in total. The van der Waals surface area contributed by atoms with Crippen molar-refractivity contribution in [2.45, 2.75) is 38.6 Å². The average molecular weight is 458 g/mol. The Bertz CT molecular complexity index is 520. The summed E-state index contributed by atoms with van der Waals surface area (Å²) in [6, 6.07) is -0.228. The van der Waals surface area contributed by atoms with Gasteiger partial charge < -0.3 is 16.0 Å². The highest BCUT2D eigenvalue weighted by Crippen LogP contribution is 2.28. The second kappa shape index (κ2) is 9.65. The van der Waals surface area contributed by atoms with E-state index in [0.29, 0.717) is 19.4 Å². The Morgan fingerprint density at radius 3 is 2.52 bits per heavy atom. The zero-order chi connectivity index (χ0) is 16.0. The number of nitrogens with zero attached hydrogens (tertiary/aromatic N) is 1. The highest BCUT2D eigenvalue weighted by Gasteiger charge is 2.28. The summed E-state index contributed by atoms with van der Waals surface area (Å²) in [4.78, 5) is 16.3. The molecular weight excluding hydrogens is 431 g/mol. The lowest BCUT2D eigenvalue weighted by atomic mass is 10.2. The van der Waals surface area contributed by atoms with E-state index in [0.717, 1.165) is 25.0 Å². The van der Waals surface area contributed by atoms with Crippen LogP contribution in [0, 0.1) is 5.92 Å². The molecule has 1 saturated heterocycles. The van der Waals surface area contributed by atoms with Crippen LogP contribution in [0.25, 0.3) is 0 Å². The number of halogens is 1. The smallest absolute Gasteiger partial charge is 0.222 e. The monoisotopic (exact) mass is 458 g/mol. The molecule has 0 bridgehead atoms. The number of carbonyl (C=O) groups is 1. The van der Waals surface area contributed by atoms with Crippen LogP contribution in [0.4, 0.5) is 0 Å². The van der Waals surface area contributed by atoms with E-state index >= 15 is 0 Å². The second-order valence-electron chi connectivity index (χ2n) is 6.01. The largest absolute Gasteiger partial charge is 0.357 e. The van der Waals surface area contributed by atoms with Crippen molar-refractivity contribution in [1.82, 2.24) is 16.0 Å². The van der Waals surface area contributed by atoms with Gasteiger partial charge in [-0.1, -0.05) is 0 Å². The van der Waals surface area contributed by atoms with Crippen LogP contribution in [0.15, 0.2) is 4.99 Å². The number of amides is 1. The predicted octanol–water partition coefficient (Wildman–Crippen LogP) is 0.263. The van der Waals surface area contributed by atoms with E-state index in [-0.39, 0.29) is 47.4 Å². The standard InChI is InChI=1S/C14H26N4O3S.HI/c1-2-15-14(17-9-11-3-4-11)16-7-5-13(19)18-12-6-8-22(20,21)10-12;/h11-12H,2-10H2,1H3,(H,18,19)(H2,15,16,17);1H. The van der Waals surface area contributed by atoms with Gasteiger partial charge in [0, 0.05) is 32.1 Å². The Labute approximate surface area is 155 Å². The topological polar surface area (TPSA) is 99.7 Å². The lowest BCUT2D eigenvalue weighted by Crippen LogP contribution is -2.41. The first-order valence-electron chi connectivity index (χ1n) is 8.00. The molecule has 23 heavy (non-hydrogen) atoms. The molecule has 1 saturated carbocycles. The zero-order valence-electron chi connectivity index (χ0n) is 13.5. The second-order valence-corrected chi connectivity index (χ2v) is 8.24. The van der Waals surface area contributed by atoms with Gasteiger partial charge in [-0.15, -0.1) is 24.0 Å². The molecule has 0 aromatic carbocycles. The number of carbonyl (C=O) groups excluding carboxylic acids is 1. The van der Waals surface area contributed by atoms with Gasteiger partial charge in [-0.3, -0.25) is 9.79 Å². The van der Waals surface area contributed by atoms with Gasteiger partial charge in [-0.05, 0) is 32.1 Å². The van der Waals surface area contributed by atoms with Crippen molar-refractivity contribution in [3.05, 3.63) is 0 Å². The maximum atomic E-state index is 11.8. The maximum absolute atomic E-state index is 11.8. The summed E-state index contributed by atoms with van der Waals surface area (Å²) in [5.41, 5.74) is 0. The lowest BCUT2D eigenvalue weighted by Gasteiger charge is -2.13. The summed E-state index contributed by atoms with van der Waals surface area (Å²) >= 11 is 0. The molecule has 9 heteroatoms. The van der Waals surface area contributed by atoms with Crippen molar-refractivity contribution < 1.29 is 13.2 Å². The van der Waals surface area contributed by atoms with E-state index in [1.54, 1.807) is 0 Å². The van der Waals surface area contributed by atoms with Crippen LogP contribution < -0.4 is 16.0 Å². The fraction of sp³-hybridized carbons (Fsp3) is 0.857. The third-order valence-corrected chi connectivity index (χ3v) is 5.56. The Kier molecular flexibility index (Phi) is 8.59.